The van der Waals surface area contributed by atoms with Crippen LogP contribution in [0.25, 0.3) is 11.0 Å². The maximum atomic E-state index is 14.3. The summed E-state index contributed by atoms with van der Waals surface area (Å²) in [5.74, 6) is -1.59. The number of unbranched alkanes of at least 4 members (excludes halogenated alkanes) is 2. The van der Waals surface area contributed by atoms with Gasteiger partial charge in [-0.05, 0) is 25.0 Å². The molecule has 0 aliphatic heterocycles. The molecule has 0 aliphatic rings. The van der Waals surface area contributed by atoms with Crippen molar-refractivity contribution in [2.45, 2.75) is 50.5 Å². The minimum atomic E-state index is -5.08. The SMILES string of the molecule is CCCCC[C@H](OC(=O)C(OC)(c1ccccc1)C(F)(F)F)c1nc2ccccc2nc1Cl. The Bertz CT molecular complexity index is 1100. The Morgan fingerprint density at radius 3 is 2.18 bits per heavy atom. The molecule has 3 rings (SSSR count). The van der Waals surface area contributed by atoms with Gasteiger partial charge in [-0.25, -0.2) is 14.8 Å². The molecule has 0 bridgehead atoms. The number of hydrogen-bond acceptors (Lipinski definition) is 5. The van der Waals surface area contributed by atoms with Crippen LogP contribution in [0.4, 0.5) is 13.2 Å². The number of carbonyl (C=O) groups excluding carboxylic acids is 1. The number of para-hydroxylation sites is 2. The van der Waals surface area contributed by atoms with Crippen molar-refractivity contribution in [3.8, 4) is 0 Å². The van der Waals surface area contributed by atoms with E-state index in [1.54, 1.807) is 30.3 Å². The maximum absolute atomic E-state index is 14.3. The number of hydrogen-bond donors (Lipinski definition) is 0. The first-order chi connectivity index (χ1) is 15.7. The fourth-order valence-electron chi connectivity index (χ4n) is 3.63. The van der Waals surface area contributed by atoms with Crippen LogP contribution in [-0.2, 0) is 19.9 Å². The molecule has 2 atom stereocenters. The number of halogens is 4. The normalized spacial score (nSPS) is 14.6. The topological polar surface area (TPSA) is 61.3 Å². The monoisotopic (exact) mass is 480 g/mol. The van der Waals surface area contributed by atoms with Crippen molar-refractivity contribution >= 4 is 28.6 Å². The Hall–Kier alpha value is -2.71. The number of ether oxygens (including phenoxy) is 2. The van der Waals surface area contributed by atoms with Crippen molar-refractivity contribution in [2.75, 3.05) is 7.11 Å². The molecular weight excluding hydrogens is 457 g/mol. The number of fused-ring (bicyclic) bond motifs is 1. The lowest BCUT2D eigenvalue weighted by Crippen LogP contribution is -2.52. The summed E-state index contributed by atoms with van der Waals surface area (Å²) in [7, 11) is 0.830. The van der Waals surface area contributed by atoms with Crippen LogP contribution in [0.5, 0.6) is 0 Å². The Kier molecular flexibility index (Phi) is 7.92. The van der Waals surface area contributed by atoms with Gasteiger partial charge in [-0.15, -0.1) is 0 Å². The second-order valence-electron chi connectivity index (χ2n) is 7.53. The van der Waals surface area contributed by atoms with Crippen molar-refractivity contribution < 1.29 is 27.4 Å². The number of rotatable bonds is 9. The predicted octanol–water partition coefficient (Wildman–Crippen LogP) is 6.55. The van der Waals surface area contributed by atoms with Crippen LogP contribution in [-0.4, -0.2) is 29.2 Å². The molecule has 0 amide bonds. The largest absolute Gasteiger partial charge is 0.453 e. The van der Waals surface area contributed by atoms with Gasteiger partial charge in [-0.2, -0.15) is 13.2 Å². The summed E-state index contributed by atoms with van der Waals surface area (Å²) in [5.41, 5.74) is -2.55. The molecule has 5 nitrogen and oxygen atoms in total. The smallest absolute Gasteiger partial charge is 0.432 e. The third kappa shape index (κ3) is 5.12. The predicted molar refractivity (Wildman–Crippen MR) is 119 cm³/mol. The van der Waals surface area contributed by atoms with E-state index < -0.39 is 23.9 Å². The molecule has 0 radical (unpaired) electrons. The fraction of sp³-hybridized carbons (Fsp3) is 0.375. The molecular formula is C24H24ClF3N2O3. The van der Waals surface area contributed by atoms with Gasteiger partial charge in [-0.1, -0.05) is 73.8 Å². The third-order valence-electron chi connectivity index (χ3n) is 5.35. The molecule has 0 saturated carbocycles. The molecule has 0 fully saturated rings. The summed E-state index contributed by atoms with van der Waals surface area (Å²) < 4.78 is 53.2. The van der Waals surface area contributed by atoms with E-state index in [1.807, 2.05) is 6.92 Å². The van der Waals surface area contributed by atoms with Crippen LogP contribution in [0.15, 0.2) is 54.6 Å². The second-order valence-corrected chi connectivity index (χ2v) is 7.89. The van der Waals surface area contributed by atoms with Crippen LogP contribution in [0.1, 0.15) is 50.0 Å². The minimum Gasteiger partial charge on any atom is -0.453 e. The van der Waals surface area contributed by atoms with E-state index in [9.17, 15) is 18.0 Å². The summed E-state index contributed by atoms with van der Waals surface area (Å²) in [6.45, 7) is 1.98. The van der Waals surface area contributed by atoms with Crippen LogP contribution in [0.2, 0.25) is 5.15 Å². The van der Waals surface area contributed by atoms with Crippen molar-refractivity contribution in [3.05, 3.63) is 71.0 Å². The van der Waals surface area contributed by atoms with Crippen molar-refractivity contribution in [1.82, 2.24) is 9.97 Å². The number of methoxy groups -OCH3 is 1. The van der Waals surface area contributed by atoms with Gasteiger partial charge in [-0.3, -0.25) is 0 Å². The van der Waals surface area contributed by atoms with Crippen LogP contribution in [0.3, 0.4) is 0 Å². The second kappa shape index (κ2) is 10.5. The summed E-state index contributed by atoms with van der Waals surface area (Å²) in [5, 5.41) is -0.0299. The first-order valence-corrected chi connectivity index (χ1v) is 10.9. The Balaban J connectivity index is 2.05. The van der Waals surface area contributed by atoms with Gasteiger partial charge in [0.05, 0.1) is 11.0 Å². The molecule has 1 unspecified atom stereocenters. The highest BCUT2D eigenvalue weighted by molar-refractivity contribution is 6.30. The number of alkyl halides is 3. The summed E-state index contributed by atoms with van der Waals surface area (Å²) in [6, 6.07) is 13.6. The van der Waals surface area contributed by atoms with Crippen molar-refractivity contribution in [3.63, 3.8) is 0 Å². The average Bonchev–Trinajstić information content (AvgIpc) is 2.79. The van der Waals surface area contributed by atoms with Gasteiger partial charge in [0, 0.05) is 12.7 Å². The maximum Gasteiger partial charge on any atom is 0.432 e. The molecule has 9 heteroatoms. The zero-order valence-corrected chi connectivity index (χ0v) is 19.0. The molecule has 1 heterocycles. The highest BCUT2D eigenvalue weighted by Crippen LogP contribution is 2.44. The lowest BCUT2D eigenvalue weighted by molar-refractivity contribution is -0.278. The molecule has 33 heavy (non-hydrogen) atoms. The molecule has 176 valence electrons. The molecule has 0 aliphatic carbocycles. The average molecular weight is 481 g/mol. The molecule has 3 aromatic rings. The van der Waals surface area contributed by atoms with Gasteiger partial charge in [0.25, 0.3) is 5.60 Å². The van der Waals surface area contributed by atoms with Crippen LogP contribution < -0.4 is 0 Å². The van der Waals surface area contributed by atoms with Crippen molar-refractivity contribution in [2.24, 2.45) is 0 Å². The summed E-state index contributed by atoms with van der Waals surface area (Å²) in [4.78, 5) is 21.9. The van der Waals surface area contributed by atoms with Crippen LogP contribution in [0, 0.1) is 0 Å². The summed E-state index contributed by atoms with van der Waals surface area (Å²) >= 11 is 6.33. The van der Waals surface area contributed by atoms with E-state index in [2.05, 4.69) is 9.97 Å². The Labute approximate surface area is 194 Å². The zero-order valence-electron chi connectivity index (χ0n) is 18.2. The van der Waals surface area contributed by atoms with E-state index in [-0.39, 0.29) is 22.8 Å². The van der Waals surface area contributed by atoms with E-state index >= 15 is 0 Å². The van der Waals surface area contributed by atoms with Crippen molar-refractivity contribution in [1.29, 1.82) is 0 Å². The van der Waals surface area contributed by atoms with E-state index in [4.69, 9.17) is 21.1 Å². The first kappa shape index (κ1) is 24.9. The van der Waals surface area contributed by atoms with E-state index in [1.165, 1.54) is 24.3 Å². The van der Waals surface area contributed by atoms with Gasteiger partial charge in [0.15, 0.2) is 5.15 Å². The van der Waals surface area contributed by atoms with E-state index in [0.717, 1.165) is 20.0 Å². The lowest BCUT2D eigenvalue weighted by atomic mass is 9.92. The molecule has 0 N–H and O–H groups in total. The highest BCUT2D eigenvalue weighted by atomic mass is 35.5. The molecule has 0 saturated heterocycles. The quantitative estimate of drug-likeness (QED) is 0.256. The highest BCUT2D eigenvalue weighted by Gasteiger charge is 2.64. The molecule has 1 aromatic heterocycles. The number of benzene rings is 2. The number of carbonyl (C=O) groups is 1. The number of aromatic nitrogens is 2. The van der Waals surface area contributed by atoms with Crippen LogP contribution >= 0.6 is 11.6 Å². The van der Waals surface area contributed by atoms with Gasteiger partial charge < -0.3 is 9.47 Å². The molecule has 0 spiro atoms. The fourth-order valence-corrected chi connectivity index (χ4v) is 3.88. The van der Waals surface area contributed by atoms with Gasteiger partial charge in [0.2, 0.25) is 0 Å². The van der Waals surface area contributed by atoms with Gasteiger partial charge in [0.1, 0.15) is 11.8 Å². The standard InChI is InChI=1S/C24H24ClF3N2O3/c1-3-4-6-15-19(20-21(25)30-18-14-10-9-13-17(18)29-20)33-22(31)23(32-2,24(26,27)28)16-11-7-5-8-12-16/h5,7-14,19H,3-4,6,15H2,1-2H3/t19-,23?/m0/s1. The Morgan fingerprint density at radius 2 is 1.61 bits per heavy atom. The summed E-state index contributed by atoms with van der Waals surface area (Å²) in [6.07, 6.45) is -3.72. The molecule has 2 aromatic carbocycles. The Morgan fingerprint density at radius 1 is 1.00 bits per heavy atom. The number of esters is 1. The minimum absolute atomic E-state index is 0.0299. The first-order valence-electron chi connectivity index (χ1n) is 10.5. The number of nitrogens with zero attached hydrogens (tertiary/aromatic N) is 2. The lowest BCUT2D eigenvalue weighted by Gasteiger charge is -2.33. The van der Waals surface area contributed by atoms with E-state index in [0.29, 0.717) is 17.5 Å². The van der Waals surface area contributed by atoms with Gasteiger partial charge >= 0.3 is 12.1 Å². The zero-order chi connectivity index (χ0) is 24.1. The third-order valence-corrected chi connectivity index (χ3v) is 5.63.